The third-order valence-electron chi connectivity index (χ3n) is 3.20. The minimum Gasteiger partial charge on any atom is -0.481 e. The van der Waals surface area contributed by atoms with Crippen molar-refractivity contribution in [2.24, 2.45) is 0 Å². The smallest absolute Gasteiger partial charge is 0.461 e. The van der Waals surface area contributed by atoms with E-state index in [1.165, 1.54) is 0 Å². The van der Waals surface area contributed by atoms with Crippen molar-refractivity contribution in [3.05, 3.63) is 0 Å². The van der Waals surface area contributed by atoms with Crippen molar-refractivity contribution in [3.63, 3.8) is 0 Å². The van der Waals surface area contributed by atoms with Crippen molar-refractivity contribution < 1.29 is 53.5 Å². The predicted octanol–water partition coefficient (Wildman–Crippen LogP) is 1.98. The number of hydrogen-bond donors (Lipinski definition) is 1. The van der Waals surface area contributed by atoms with Gasteiger partial charge in [-0.3, -0.25) is 4.79 Å². The molecule has 0 saturated carbocycles. The Hall–Kier alpha value is -1.15. The van der Waals surface area contributed by atoms with Crippen LogP contribution < -0.4 is 0 Å². The lowest BCUT2D eigenvalue weighted by Gasteiger charge is -2.32. The van der Waals surface area contributed by atoms with E-state index in [2.05, 4.69) is 0 Å². The molecule has 0 radical (unpaired) electrons. The van der Waals surface area contributed by atoms with Gasteiger partial charge in [0.15, 0.2) is 0 Å². The largest absolute Gasteiger partial charge is 0.481 e. The zero-order valence-electron chi connectivity index (χ0n) is 14.2. The highest BCUT2D eigenvalue weighted by Gasteiger charge is 2.79. The van der Waals surface area contributed by atoms with E-state index >= 15 is 0 Å². The van der Waals surface area contributed by atoms with Crippen molar-refractivity contribution in [2.75, 3.05) is 40.8 Å². The normalized spacial score (nSPS) is 14.7. The first-order chi connectivity index (χ1) is 11.3. The number of carboxylic acids is 1. The Morgan fingerprint density at radius 2 is 1.46 bits per heavy atom. The van der Waals surface area contributed by atoms with Gasteiger partial charge in [0.2, 0.25) is 0 Å². The SMILES string of the molecule is C[N+](C)(C)CCCN(CCC(=O)O)S(=O)(=O)C(F)(F)C(F)(F)C(F)(F)F. The third kappa shape index (κ3) is 5.67. The second kappa shape index (κ2) is 7.84. The van der Waals surface area contributed by atoms with Crippen LogP contribution >= 0.6 is 0 Å². The summed E-state index contributed by atoms with van der Waals surface area (Å²) in [5.41, 5.74) is 0. The number of carboxylic acid groups (broad SMARTS) is 1. The monoisotopic (exact) mass is 421 g/mol. The van der Waals surface area contributed by atoms with Gasteiger partial charge < -0.3 is 9.59 Å². The Kier molecular flexibility index (Phi) is 7.49. The second-order valence-electron chi connectivity index (χ2n) is 6.50. The molecular formula is C12H20F7N2O4S+. The minimum atomic E-state index is -6.85. The molecule has 26 heavy (non-hydrogen) atoms. The maximum absolute atomic E-state index is 13.7. The molecule has 0 aromatic carbocycles. The second-order valence-corrected chi connectivity index (χ2v) is 8.48. The molecule has 0 fully saturated rings. The number of carbonyl (C=O) groups is 1. The lowest BCUT2D eigenvalue weighted by Crippen LogP contribution is -2.60. The maximum atomic E-state index is 13.7. The van der Waals surface area contributed by atoms with Gasteiger partial charge in [-0.1, -0.05) is 0 Å². The van der Waals surface area contributed by atoms with E-state index in [-0.39, 0.29) is 21.8 Å². The molecule has 0 atom stereocenters. The summed E-state index contributed by atoms with van der Waals surface area (Å²) >= 11 is 0. The fourth-order valence-corrected chi connectivity index (χ4v) is 3.25. The van der Waals surface area contributed by atoms with E-state index in [0.29, 0.717) is 0 Å². The van der Waals surface area contributed by atoms with Crippen LogP contribution in [0.1, 0.15) is 12.8 Å². The van der Waals surface area contributed by atoms with Crippen molar-refractivity contribution in [1.82, 2.24) is 4.31 Å². The fourth-order valence-electron chi connectivity index (χ4n) is 1.78. The summed E-state index contributed by atoms with van der Waals surface area (Å²) in [4.78, 5) is 10.5. The van der Waals surface area contributed by atoms with Crippen LogP contribution in [0, 0.1) is 0 Å². The molecule has 0 spiro atoms. The van der Waals surface area contributed by atoms with Crippen LogP contribution in [0.3, 0.4) is 0 Å². The molecule has 0 rings (SSSR count). The number of nitrogens with zero attached hydrogens (tertiary/aromatic N) is 2. The molecule has 14 heteroatoms. The highest BCUT2D eigenvalue weighted by Crippen LogP contribution is 2.49. The average Bonchev–Trinajstić information content (AvgIpc) is 2.38. The van der Waals surface area contributed by atoms with Gasteiger partial charge in [-0.15, -0.1) is 0 Å². The van der Waals surface area contributed by atoms with E-state index in [4.69, 9.17) is 5.11 Å². The van der Waals surface area contributed by atoms with Gasteiger partial charge >= 0.3 is 23.3 Å². The lowest BCUT2D eigenvalue weighted by molar-refractivity contribution is -0.870. The molecule has 0 aromatic rings. The zero-order valence-corrected chi connectivity index (χ0v) is 15.0. The van der Waals surface area contributed by atoms with Crippen molar-refractivity contribution in [2.45, 2.75) is 30.2 Å². The molecule has 0 saturated heterocycles. The average molecular weight is 421 g/mol. The van der Waals surface area contributed by atoms with Crippen LogP contribution in [0.5, 0.6) is 0 Å². The molecule has 0 heterocycles. The first-order valence-electron chi connectivity index (χ1n) is 7.11. The molecule has 0 bridgehead atoms. The number of quaternary nitrogens is 1. The summed E-state index contributed by atoms with van der Waals surface area (Å²) in [5, 5.41) is 2.04. The summed E-state index contributed by atoms with van der Waals surface area (Å²) < 4.78 is 114. The first kappa shape index (κ1) is 24.8. The van der Waals surface area contributed by atoms with E-state index < -0.39 is 52.9 Å². The first-order valence-corrected chi connectivity index (χ1v) is 8.55. The van der Waals surface area contributed by atoms with Gasteiger partial charge in [-0.05, 0) is 0 Å². The molecule has 0 unspecified atom stereocenters. The fraction of sp³-hybridized carbons (Fsp3) is 0.917. The lowest BCUT2D eigenvalue weighted by atomic mass is 10.3. The standard InChI is InChI=1S/C12H19F7N2O4S/c1-21(2,3)8-4-6-20(7-5-9(22)23)26(24,25)12(18,19)10(13,14)11(15,16)17/h4-8H2,1-3H3/p+1. The molecule has 0 aliphatic carbocycles. The van der Waals surface area contributed by atoms with Gasteiger partial charge in [0.05, 0.1) is 34.1 Å². The topological polar surface area (TPSA) is 74.7 Å². The van der Waals surface area contributed by atoms with Crippen molar-refractivity contribution >= 4 is 16.0 Å². The summed E-state index contributed by atoms with van der Waals surface area (Å²) in [6.07, 6.45) is -8.03. The Morgan fingerprint density at radius 1 is 1.00 bits per heavy atom. The minimum absolute atomic E-state index is 0.167. The molecule has 0 aliphatic heterocycles. The van der Waals surface area contributed by atoms with Gasteiger partial charge in [0, 0.05) is 19.5 Å². The maximum Gasteiger partial charge on any atom is 0.461 e. The summed E-state index contributed by atoms with van der Waals surface area (Å²) in [6.45, 7) is -1.84. The van der Waals surface area contributed by atoms with Gasteiger partial charge in [0.1, 0.15) is 0 Å². The van der Waals surface area contributed by atoms with Crippen molar-refractivity contribution in [1.29, 1.82) is 0 Å². The van der Waals surface area contributed by atoms with Crippen LogP contribution in [-0.2, 0) is 14.8 Å². The zero-order chi connectivity index (χ0) is 21.2. The van der Waals surface area contributed by atoms with Gasteiger partial charge in [-0.25, -0.2) is 8.42 Å². The van der Waals surface area contributed by atoms with Crippen LogP contribution in [0.15, 0.2) is 0 Å². The number of alkyl halides is 7. The third-order valence-corrected chi connectivity index (χ3v) is 5.15. The molecular weight excluding hydrogens is 401 g/mol. The number of halogens is 7. The summed E-state index contributed by atoms with van der Waals surface area (Å²) in [7, 11) is -1.57. The van der Waals surface area contributed by atoms with Crippen LogP contribution in [0.25, 0.3) is 0 Å². The molecule has 0 amide bonds. The highest BCUT2D eigenvalue weighted by atomic mass is 32.2. The van der Waals surface area contributed by atoms with Gasteiger partial charge in [0.25, 0.3) is 10.0 Å². The number of rotatable bonds is 10. The highest BCUT2D eigenvalue weighted by molar-refractivity contribution is 7.90. The molecule has 6 nitrogen and oxygen atoms in total. The Bertz CT molecular complexity index is 600. The number of aliphatic carboxylic acids is 1. The number of sulfonamides is 1. The summed E-state index contributed by atoms with van der Waals surface area (Å²) in [6, 6.07) is 0. The van der Waals surface area contributed by atoms with Crippen LogP contribution in [-0.4, -0.2) is 86.4 Å². The quantitative estimate of drug-likeness (QED) is 0.433. The Morgan fingerprint density at radius 3 is 1.81 bits per heavy atom. The van der Waals surface area contributed by atoms with Crippen LogP contribution in [0.4, 0.5) is 30.7 Å². The molecule has 0 aliphatic rings. The number of hydrogen-bond acceptors (Lipinski definition) is 3. The Balaban J connectivity index is 5.76. The van der Waals surface area contributed by atoms with E-state index in [1.807, 2.05) is 0 Å². The Labute approximate surface area is 145 Å². The van der Waals surface area contributed by atoms with Crippen molar-refractivity contribution in [3.8, 4) is 0 Å². The van der Waals surface area contributed by atoms with E-state index in [9.17, 15) is 43.9 Å². The molecule has 0 aromatic heterocycles. The van der Waals surface area contributed by atoms with Crippen LogP contribution in [0.2, 0.25) is 0 Å². The summed E-state index contributed by atoms with van der Waals surface area (Å²) in [5.74, 6) is -8.48. The van der Waals surface area contributed by atoms with E-state index in [1.54, 1.807) is 21.1 Å². The van der Waals surface area contributed by atoms with Gasteiger partial charge in [-0.2, -0.15) is 35.0 Å². The molecule has 1 N–H and O–H groups in total. The van der Waals surface area contributed by atoms with E-state index in [0.717, 1.165) is 0 Å². The predicted molar refractivity (Wildman–Crippen MR) is 76.2 cm³/mol. The molecule has 156 valence electrons.